The van der Waals surface area contributed by atoms with Crippen LogP contribution in [-0.2, 0) is 14.8 Å². The van der Waals surface area contributed by atoms with Crippen molar-refractivity contribution >= 4 is 28.3 Å². The van der Waals surface area contributed by atoms with Crippen LogP contribution in [0, 0.1) is 0 Å². The molecule has 12 heteroatoms. The van der Waals surface area contributed by atoms with E-state index in [2.05, 4.69) is 4.72 Å². The molecule has 8 nitrogen and oxygen atoms in total. The molecule has 26 heavy (non-hydrogen) atoms. The first-order chi connectivity index (χ1) is 11.6. The van der Waals surface area contributed by atoms with E-state index in [9.17, 15) is 22.0 Å². The largest absolute Gasteiger partial charge is 0.493 e. The highest BCUT2D eigenvalue weighted by atomic mass is 35.5. The molecule has 1 rings (SSSR count). The number of hydrogen-bond donors (Lipinski definition) is 3. The maximum Gasteiger partial charge on any atom is 0.277 e. The Morgan fingerprint density at radius 3 is 2.38 bits per heavy atom. The number of methoxy groups -OCH3 is 2. The molecule has 0 atom stereocenters. The molecule has 1 aromatic carbocycles. The molecule has 0 heterocycles. The van der Waals surface area contributed by atoms with E-state index in [0.29, 0.717) is 5.75 Å². The summed E-state index contributed by atoms with van der Waals surface area (Å²) in [5, 5.41) is 1.99. The first kappa shape index (κ1) is 24.3. The van der Waals surface area contributed by atoms with Gasteiger partial charge in [-0.3, -0.25) is 4.79 Å². The highest BCUT2D eigenvalue weighted by molar-refractivity contribution is 7.89. The van der Waals surface area contributed by atoms with Gasteiger partial charge in [-0.25, -0.2) is 21.9 Å². The van der Waals surface area contributed by atoms with Crippen LogP contribution in [0.3, 0.4) is 0 Å². The number of benzene rings is 1. The van der Waals surface area contributed by atoms with Crippen LogP contribution < -0.4 is 25.2 Å². The fraction of sp³-hybridized carbons (Fsp3) is 0.500. The minimum Gasteiger partial charge on any atom is -0.493 e. The summed E-state index contributed by atoms with van der Waals surface area (Å²) in [6, 6.07) is 4.00. The van der Waals surface area contributed by atoms with Crippen molar-refractivity contribution in [2.75, 3.05) is 33.9 Å². The van der Waals surface area contributed by atoms with Crippen LogP contribution in [0.4, 0.5) is 8.78 Å². The molecule has 4 N–H and O–H groups in total. The second kappa shape index (κ2) is 10.5. The summed E-state index contributed by atoms with van der Waals surface area (Å²) in [6.45, 7) is -2.04. The number of halogens is 3. The lowest BCUT2D eigenvalue weighted by Gasteiger charge is -2.14. The summed E-state index contributed by atoms with van der Waals surface area (Å²) < 4.78 is 62.4. The van der Waals surface area contributed by atoms with Crippen LogP contribution in [0.15, 0.2) is 23.1 Å². The summed E-state index contributed by atoms with van der Waals surface area (Å²) in [6.07, 6.45) is -0.298. The molecule has 0 aliphatic carbocycles. The van der Waals surface area contributed by atoms with E-state index in [4.69, 9.17) is 15.2 Å². The van der Waals surface area contributed by atoms with Gasteiger partial charge in [0, 0.05) is 19.0 Å². The second-order valence-corrected chi connectivity index (χ2v) is 6.77. The predicted octanol–water partition coefficient (Wildman–Crippen LogP) is 0.504. The molecule has 0 aliphatic rings. The van der Waals surface area contributed by atoms with Crippen LogP contribution in [0.5, 0.6) is 11.5 Å². The molecule has 0 aromatic heterocycles. The van der Waals surface area contributed by atoms with Gasteiger partial charge >= 0.3 is 0 Å². The van der Waals surface area contributed by atoms with Crippen molar-refractivity contribution < 1.29 is 31.5 Å². The molecule has 0 bridgehead atoms. The second-order valence-electron chi connectivity index (χ2n) is 5.00. The molecule has 0 saturated carbocycles. The average molecular weight is 418 g/mol. The van der Waals surface area contributed by atoms with E-state index in [-0.39, 0.29) is 36.0 Å². The van der Waals surface area contributed by atoms with E-state index in [1.165, 1.54) is 32.4 Å². The Hall–Kier alpha value is -1.69. The number of alkyl halides is 2. The Balaban J connectivity index is 0.00000625. The topological polar surface area (TPSA) is 120 Å². The van der Waals surface area contributed by atoms with Gasteiger partial charge in [-0.2, -0.15) is 0 Å². The van der Waals surface area contributed by atoms with Crippen molar-refractivity contribution in [2.45, 2.75) is 17.2 Å². The van der Waals surface area contributed by atoms with Crippen molar-refractivity contribution in [1.29, 1.82) is 0 Å². The molecule has 1 aromatic rings. The maximum absolute atomic E-state index is 12.9. The first-order valence-electron chi connectivity index (χ1n) is 7.21. The molecular weight excluding hydrogens is 396 g/mol. The molecule has 0 saturated heterocycles. The summed E-state index contributed by atoms with van der Waals surface area (Å²) in [4.78, 5) is 11.4. The zero-order valence-corrected chi connectivity index (χ0v) is 15.9. The van der Waals surface area contributed by atoms with Crippen molar-refractivity contribution in [3.63, 3.8) is 0 Å². The van der Waals surface area contributed by atoms with Crippen LogP contribution in [0.25, 0.3) is 0 Å². The van der Waals surface area contributed by atoms with Gasteiger partial charge in [0.15, 0.2) is 11.5 Å². The van der Waals surface area contributed by atoms with Crippen molar-refractivity contribution in [1.82, 2.24) is 10.0 Å². The van der Waals surface area contributed by atoms with Gasteiger partial charge in [0.25, 0.3) is 5.92 Å². The lowest BCUT2D eigenvalue weighted by molar-refractivity contribution is -0.122. The standard InChI is InChI=1S/C14H21F2N3O5S.ClH/c1-23-11-4-3-10(7-12(11)24-2)25(21,22)19-6-5-13(20)18-9-14(15,16)8-17;/h3-4,7,19H,5-6,8-9,17H2,1-2H3,(H,18,20);1H. The van der Waals surface area contributed by atoms with Gasteiger partial charge in [0.1, 0.15) is 0 Å². The highest BCUT2D eigenvalue weighted by Crippen LogP contribution is 2.29. The molecule has 150 valence electrons. The Kier molecular flexibility index (Phi) is 9.78. The number of rotatable bonds is 10. The average Bonchev–Trinajstić information content (AvgIpc) is 2.59. The Labute approximate surface area is 156 Å². The number of sulfonamides is 1. The third kappa shape index (κ3) is 7.28. The van der Waals surface area contributed by atoms with E-state index in [0.717, 1.165) is 0 Å². The van der Waals surface area contributed by atoms with Gasteiger partial charge < -0.3 is 20.5 Å². The van der Waals surface area contributed by atoms with Crippen molar-refractivity contribution in [3.8, 4) is 11.5 Å². The van der Waals surface area contributed by atoms with Crippen LogP contribution in [0.2, 0.25) is 0 Å². The lowest BCUT2D eigenvalue weighted by Crippen LogP contribution is -2.42. The van der Waals surface area contributed by atoms with Gasteiger partial charge in [-0.1, -0.05) is 0 Å². The molecule has 1 amide bonds. The summed E-state index contributed by atoms with van der Waals surface area (Å²) >= 11 is 0. The van der Waals surface area contributed by atoms with Crippen molar-refractivity contribution in [3.05, 3.63) is 18.2 Å². The Morgan fingerprint density at radius 2 is 1.85 bits per heavy atom. The Morgan fingerprint density at radius 1 is 1.23 bits per heavy atom. The number of carbonyl (C=O) groups excluding carboxylic acids is 1. The Bertz CT molecular complexity index is 704. The maximum atomic E-state index is 12.9. The fourth-order valence-electron chi connectivity index (χ4n) is 1.75. The quantitative estimate of drug-likeness (QED) is 0.510. The number of carbonyl (C=O) groups is 1. The predicted molar refractivity (Wildman–Crippen MR) is 93.6 cm³/mol. The van der Waals surface area contributed by atoms with Gasteiger partial charge in [-0.05, 0) is 12.1 Å². The zero-order chi connectivity index (χ0) is 19.1. The lowest BCUT2D eigenvalue weighted by atomic mass is 10.3. The number of hydrogen-bond acceptors (Lipinski definition) is 6. The highest BCUT2D eigenvalue weighted by Gasteiger charge is 2.27. The zero-order valence-electron chi connectivity index (χ0n) is 14.3. The minimum atomic E-state index is -3.90. The van der Waals surface area contributed by atoms with Crippen LogP contribution in [-0.4, -0.2) is 54.1 Å². The van der Waals surface area contributed by atoms with Gasteiger partial charge in [0.2, 0.25) is 15.9 Å². The van der Waals surface area contributed by atoms with Crippen LogP contribution in [0.1, 0.15) is 6.42 Å². The van der Waals surface area contributed by atoms with Crippen molar-refractivity contribution in [2.24, 2.45) is 5.73 Å². The number of nitrogens with one attached hydrogen (secondary N) is 2. The van der Waals surface area contributed by atoms with E-state index >= 15 is 0 Å². The normalized spacial score (nSPS) is 11.4. The number of nitrogens with two attached hydrogens (primary N) is 1. The molecule has 0 fully saturated rings. The van der Waals surface area contributed by atoms with E-state index in [1.54, 1.807) is 0 Å². The third-order valence-electron chi connectivity index (χ3n) is 3.15. The fourth-order valence-corrected chi connectivity index (χ4v) is 2.80. The molecule has 0 unspecified atom stereocenters. The summed E-state index contributed by atoms with van der Waals surface area (Å²) in [5.41, 5.74) is 4.85. The first-order valence-corrected chi connectivity index (χ1v) is 8.70. The monoisotopic (exact) mass is 417 g/mol. The SMILES string of the molecule is COc1ccc(S(=O)(=O)NCCC(=O)NCC(F)(F)CN)cc1OC.Cl. The molecule has 0 aliphatic heterocycles. The van der Waals surface area contributed by atoms with E-state index < -0.39 is 34.9 Å². The molecule has 0 radical (unpaired) electrons. The molecular formula is C14H22ClF2N3O5S. The summed E-state index contributed by atoms with van der Waals surface area (Å²) in [5.74, 6) is -3.33. The number of ether oxygens (including phenoxy) is 2. The summed E-state index contributed by atoms with van der Waals surface area (Å²) in [7, 11) is -1.12. The molecule has 0 spiro atoms. The smallest absolute Gasteiger partial charge is 0.277 e. The van der Waals surface area contributed by atoms with E-state index in [1.807, 2.05) is 5.32 Å². The number of amides is 1. The third-order valence-corrected chi connectivity index (χ3v) is 4.61. The van der Waals surface area contributed by atoms with Crippen LogP contribution >= 0.6 is 12.4 Å². The minimum absolute atomic E-state index is 0. The van der Waals surface area contributed by atoms with Gasteiger partial charge in [0.05, 0.1) is 32.2 Å². The van der Waals surface area contributed by atoms with Gasteiger partial charge in [-0.15, -0.1) is 12.4 Å².